The molecule has 22 heavy (non-hydrogen) atoms. The van der Waals surface area contributed by atoms with Crippen LogP contribution in [-0.4, -0.2) is 30.1 Å². The standard InChI is InChI=1S/C18H26N2O2/c1-12(2)18(22)20-10-8-13-11-14(6-7-16(13)20)17(21)15-5-3-4-9-19-15/h6-7,11-12,15,17,19,21H,3-5,8-10H2,1-2H3. The van der Waals surface area contributed by atoms with Gasteiger partial charge in [-0.05, 0) is 43.0 Å². The van der Waals surface area contributed by atoms with Crippen molar-refractivity contribution in [3.05, 3.63) is 29.3 Å². The van der Waals surface area contributed by atoms with Crippen molar-refractivity contribution >= 4 is 11.6 Å². The minimum atomic E-state index is -0.458. The van der Waals surface area contributed by atoms with Gasteiger partial charge in [0.25, 0.3) is 0 Å². The van der Waals surface area contributed by atoms with Crippen molar-refractivity contribution < 1.29 is 9.90 Å². The largest absolute Gasteiger partial charge is 0.387 e. The van der Waals surface area contributed by atoms with Crippen LogP contribution in [0.5, 0.6) is 0 Å². The lowest BCUT2D eigenvalue weighted by molar-refractivity contribution is -0.121. The second-order valence-electron chi connectivity index (χ2n) is 6.78. The van der Waals surface area contributed by atoms with Crippen molar-refractivity contribution in [3.63, 3.8) is 0 Å². The van der Waals surface area contributed by atoms with E-state index < -0.39 is 6.10 Å². The van der Waals surface area contributed by atoms with E-state index in [0.29, 0.717) is 0 Å². The van der Waals surface area contributed by atoms with Gasteiger partial charge in [0.2, 0.25) is 5.91 Å². The smallest absolute Gasteiger partial charge is 0.229 e. The SMILES string of the molecule is CC(C)C(=O)N1CCc2cc(C(O)C3CCCCN3)ccc21. The summed E-state index contributed by atoms with van der Waals surface area (Å²) in [7, 11) is 0. The minimum absolute atomic E-state index is 0.0163. The van der Waals surface area contributed by atoms with Crippen molar-refractivity contribution in [2.24, 2.45) is 5.92 Å². The highest BCUT2D eigenvalue weighted by Crippen LogP contribution is 2.33. The molecular weight excluding hydrogens is 276 g/mol. The van der Waals surface area contributed by atoms with E-state index in [1.807, 2.05) is 30.9 Å². The summed E-state index contributed by atoms with van der Waals surface area (Å²) in [6.45, 7) is 5.62. The molecule has 0 saturated carbocycles. The van der Waals surface area contributed by atoms with Crippen molar-refractivity contribution in [2.75, 3.05) is 18.0 Å². The Bertz CT molecular complexity index is 550. The fourth-order valence-corrected chi connectivity index (χ4v) is 3.53. The maximum absolute atomic E-state index is 12.2. The molecule has 2 aliphatic heterocycles. The lowest BCUT2D eigenvalue weighted by Gasteiger charge is -2.28. The van der Waals surface area contributed by atoms with Crippen molar-refractivity contribution in [3.8, 4) is 0 Å². The Hall–Kier alpha value is -1.39. The van der Waals surface area contributed by atoms with Gasteiger partial charge < -0.3 is 15.3 Å². The summed E-state index contributed by atoms with van der Waals surface area (Å²) in [4.78, 5) is 14.1. The average molecular weight is 302 g/mol. The molecule has 3 rings (SSSR count). The van der Waals surface area contributed by atoms with Crippen LogP contribution in [0.1, 0.15) is 50.3 Å². The molecule has 0 aromatic heterocycles. The molecule has 2 heterocycles. The van der Waals surface area contributed by atoms with Gasteiger partial charge in [0.15, 0.2) is 0 Å². The molecule has 2 aliphatic rings. The molecule has 1 saturated heterocycles. The zero-order valence-electron chi connectivity index (χ0n) is 13.5. The number of hydrogen-bond acceptors (Lipinski definition) is 3. The second kappa shape index (κ2) is 6.39. The van der Waals surface area contributed by atoms with E-state index in [1.54, 1.807) is 0 Å². The number of amides is 1. The summed E-state index contributed by atoms with van der Waals surface area (Å²) in [5, 5.41) is 14.0. The van der Waals surface area contributed by atoms with Crippen molar-refractivity contribution in [2.45, 2.75) is 51.7 Å². The first-order valence-corrected chi connectivity index (χ1v) is 8.43. The molecule has 1 aromatic rings. The zero-order chi connectivity index (χ0) is 15.7. The van der Waals surface area contributed by atoms with E-state index >= 15 is 0 Å². The van der Waals surface area contributed by atoms with Gasteiger partial charge in [-0.3, -0.25) is 4.79 Å². The van der Waals surface area contributed by atoms with Gasteiger partial charge in [0.1, 0.15) is 0 Å². The second-order valence-corrected chi connectivity index (χ2v) is 6.78. The van der Waals surface area contributed by atoms with Crippen LogP contribution in [0.3, 0.4) is 0 Å². The average Bonchev–Trinajstić information content (AvgIpc) is 2.97. The number of piperidine rings is 1. The van der Waals surface area contributed by atoms with Gasteiger partial charge in [-0.1, -0.05) is 32.4 Å². The highest BCUT2D eigenvalue weighted by atomic mass is 16.3. The third-order valence-corrected chi connectivity index (χ3v) is 4.83. The van der Waals surface area contributed by atoms with Gasteiger partial charge in [0, 0.05) is 24.2 Å². The molecular formula is C18H26N2O2. The van der Waals surface area contributed by atoms with Gasteiger partial charge in [0.05, 0.1) is 6.10 Å². The summed E-state index contributed by atoms with van der Waals surface area (Å²) >= 11 is 0. The predicted molar refractivity (Wildman–Crippen MR) is 87.9 cm³/mol. The van der Waals surface area contributed by atoms with E-state index in [0.717, 1.165) is 37.2 Å². The molecule has 2 unspecified atom stereocenters. The Kier molecular flexibility index (Phi) is 4.50. The summed E-state index contributed by atoms with van der Waals surface area (Å²) in [5.41, 5.74) is 3.17. The Balaban J connectivity index is 1.79. The molecule has 2 N–H and O–H groups in total. The number of aliphatic hydroxyl groups excluding tert-OH is 1. The summed E-state index contributed by atoms with van der Waals surface area (Å²) in [5.74, 6) is 0.198. The number of anilines is 1. The van der Waals surface area contributed by atoms with E-state index in [-0.39, 0.29) is 17.9 Å². The van der Waals surface area contributed by atoms with Crippen LogP contribution >= 0.6 is 0 Å². The van der Waals surface area contributed by atoms with Gasteiger partial charge in [-0.25, -0.2) is 0 Å². The van der Waals surface area contributed by atoms with Gasteiger partial charge in [-0.15, -0.1) is 0 Å². The molecule has 1 amide bonds. The fraction of sp³-hybridized carbons (Fsp3) is 0.611. The third kappa shape index (κ3) is 2.90. The monoisotopic (exact) mass is 302 g/mol. The quantitative estimate of drug-likeness (QED) is 0.901. The maximum Gasteiger partial charge on any atom is 0.229 e. The molecule has 0 bridgehead atoms. The van der Waals surface area contributed by atoms with Gasteiger partial charge in [-0.2, -0.15) is 0 Å². The molecule has 120 valence electrons. The van der Waals surface area contributed by atoms with Crippen molar-refractivity contribution in [1.82, 2.24) is 5.32 Å². The van der Waals surface area contributed by atoms with Gasteiger partial charge >= 0.3 is 0 Å². The first-order valence-electron chi connectivity index (χ1n) is 8.43. The molecule has 1 aromatic carbocycles. The number of carbonyl (C=O) groups excluding carboxylic acids is 1. The number of fused-ring (bicyclic) bond motifs is 1. The maximum atomic E-state index is 12.2. The Labute approximate surface area is 132 Å². The van der Waals surface area contributed by atoms with E-state index in [4.69, 9.17) is 0 Å². The minimum Gasteiger partial charge on any atom is -0.387 e. The Morgan fingerprint density at radius 2 is 2.18 bits per heavy atom. The Morgan fingerprint density at radius 1 is 1.36 bits per heavy atom. The van der Waals surface area contributed by atoms with E-state index in [2.05, 4.69) is 11.4 Å². The molecule has 1 fully saturated rings. The van der Waals surface area contributed by atoms with E-state index in [1.165, 1.54) is 18.4 Å². The molecule has 0 spiro atoms. The molecule has 4 heteroatoms. The number of hydrogen-bond donors (Lipinski definition) is 2. The van der Waals surface area contributed by atoms with Crippen LogP contribution in [0.25, 0.3) is 0 Å². The predicted octanol–water partition coefficient (Wildman–Crippen LogP) is 2.41. The fourth-order valence-electron chi connectivity index (χ4n) is 3.53. The molecule has 4 nitrogen and oxygen atoms in total. The van der Waals surface area contributed by atoms with E-state index in [9.17, 15) is 9.90 Å². The highest BCUT2D eigenvalue weighted by molar-refractivity contribution is 5.96. The highest BCUT2D eigenvalue weighted by Gasteiger charge is 2.28. The van der Waals surface area contributed by atoms with Crippen LogP contribution in [0, 0.1) is 5.92 Å². The topological polar surface area (TPSA) is 52.6 Å². The third-order valence-electron chi connectivity index (χ3n) is 4.83. The number of benzene rings is 1. The lowest BCUT2D eigenvalue weighted by Crippen LogP contribution is -2.38. The van der Waals surface area contributed by atoms with Crippen LogP contribution in [0.2, 0.25) is 0 Å². The van der Waals surface area contributed by atoms with Crippen molar-refractivity contribution in [1.29, 1.82) is 0 Å². The van der Waals surface area contributed by atoms with Crippen LogP contribution < -0.4 is 10.2 Å². The number of carbonyl (C=O) groups is 1. The number of aliphatic hydroxyl groups is 1. The first-order chi connectivity index (χ1) is 10.6. The van der Waals surface area contributed by atoms with Crippen LogP contribution in [0.15, 0.2) is 18.2 Å². The molecule has 0 aliphatic carbocycles. The molecule has 0 radical (unpaired) electrons. The lowest BCUT2D eigenvalue weighted by atomic mass is 9.93. The number of rotatable bonds is 3. The summed E-state index contributed by atoms with van der Waals surface area (Å²) in [6.07, 6.45) is 3.82. The summed E-state index contributed by atoms with van der Waals surface area (Å²) < 4.78 is 0. The first kappa shape index (κ1) is 15.5. The normalized spacial score (nSPS) is 22.7. The van der Waals surface area contributed by atoms with Crippen LogP contribution in [-0.2, 0) is 11.2 Å². The zero-order valence-corrected chi connectivity index (χ0v) is 13.5. The number of nitrogens with one attached hydrogen (secondary N) is 1. The number of nitrogens with zero attached hydrogens (tertiary/aromatic N) is 1. The summed E-state index contributed by atoms with van der Waals surface area (Å²) in [6, 6.07) is 6.22. The Morgan fingerprint density at radius 3 is 2.86 bits per heavy atom. The van der Waals surface area contributed by atoms with Crippen LogP contribution in [0.4, 0.5) is 5.69 Å². The molecule has 2 atom stereocenters.